The zero-order valence-corrected chi connectivity index (χ0v) is 20.7. The Hall–Kier alpha value is -4.29. The average molecular weight is 523 g/mol. The second-order valence-electron chi connectivity index (χ2n) is 9.29. The van der Waals surface area contributed by atoms with Gasteiger partial charge in [0.15, 0.2) is 23.1 Å². The van der Waals surface area contributed by atoms with Crippen molar-refractivity contribution in [2.45, 2.75) is 37.8 Å². The lowest BCUT2D eigenvalue weighted by atomic mass is 9.93. The maximum Gasteiger partial charge on any atom is 0.229 e. The quantitative estimate of drug-likeness (QED) is 0.118. The van der Waals surface area contributed by atoms with Crippen molar-refractivity contribution >= 4 is 39.7 Å². The highest BCUT2D eigenvalue weighted by Gasteiger charge is 2.25. The standard InChI is InChI=1S/C26H31FN8O3/c27-18-13-32-26(34-21-12-15(30-9-7-28)11-20-17(21)6-8-31-20)35-25(18)33-19-4-5-22(36)23(37)24(19)38-16-3-1-2-14(29)10-16/h4-6,8,11-14,16,30-31,36-37H,1-3,7,9-10,28-29H2,(H2,32,33,34,35)/t14-,16+/m0/s1. The second kappa shape index (κ2) is 11.0. The molecule has 2 aromatic carbocycles. The smallest absolute Gasteiger partial charge is 0.229 e. The average Bonchev–Trinajstić information content (AvgIpc) is 3.38. The van der Waals surface area contributed by atoms with Gasteiger partial charge in [-0.3, -0.25) is 0 Å². The molecule has 5 rings (SSSR count). The van der Waals surface area contributed by atoms with Crippen molar-refractivity contribution in [3.63, 3.8) is 0 Å². The summed E-state index contributed by atoms with van der Waals surface area (Å²) in [5.41, 5.74) is 14.4. The first-order valence-electron chi connectivity index (χ1n) is 12.5. The van der Waals surface area contributed by atoms with E-state index in [1.54, 1.807) is 0 Å². The van der Waals surface area contributed by atoms with Crippen molar-refractivity contribution < 1.29 is 19.3 Å². The fraction of sp³-hybridized carbons (Fsp3) is 0.308. The summed E-state index contributed by atoms with van der Waals surface area (Å²) in [6.45, 7) is 1.08. The fourth-order valence-electron chi connectivity index (χ4n) is 4.59. The van der Waals surface area contributed by atoms with E-state index in [2.05, 4.69) is 30.9 Å². The third kappa shape index (κ3) is 5.50. The Morgan fingerprint density at radius 3 is 2.82 bits per heavy atom. The molecule has 1 aliphatic rings. The highest BCUT2D eigenvalue weighted by atomic mass is 19.1. The summed E-state index contributed by atoms with van der Waals surface area (Å²) < 4.78 is 20.8. The minimum atomic E-state index is -0.709. The predicted octanol–water partition coefficient (Wildman–Crippen LogP) is 4.01. The first kappa shape index (κ1) is 25.4. The van der Waals surface area contributed by atoms with E-state index in [1.165, 1.54) is 12.1 Å². The Labute approximate surface area is 218 Å². The lowest BCUT2D eigenvalue weighted by molar-refractivity contribution is 0.140. The largest absolute Gasteiger partial charge is 0.504 e. The van der Waals surface area contributed by atoms with Gasteiger partial charge >= 0.3 is 0 Å². The van der Waals surface area contributed by atoms with Crippen LogP contribution in [0.3, 0.4) is 0 Å². The molecule has 0 unspecified atom stereocenters. The molecule has 1 saturated carbocycles. The zero-order valence-electron chi connectivity index (χ0n) is 20.7. The van der Waals surface area contributed by atoms with E-state index < -0.39 is 11.6 Å². The van der Waals surface area contributed by atoms with Gasteiger partial charge in [0.1, 0.15) is 6.10 Å². The molecular formula is C26H31FN8O3. The van der Waals surface area contributed by atoms with Gasteiger partial charge in [0, 0.05) is 41.9 Å². The van der Waals surface area contributed by atoms with Gasteiger partial charge in [0.2, 0.25) is 11.7 Å². The topological polar surface area (TPSA) is 179 Å². The van der Waals surface area contributed by atoms with Crippen LogP contribution in [-0.4, -0.2) is 50.4 Å². The van der Waals surface area contributed by atoms with E-state index in [0.717, 1.165) is 42.0 Å². The number of nitrogens with one attached hydrogen (secondary N) is 4. The van der Waals surface area contributed by atoms with Crippen LogP contribution in [0.5, 0.6) is 17.2 Å². The molecule has 0 bridgehead atoms. The number of nitrogens with two attached hydrogens (primary N) is 2. The first-order valence-corrected chi connectivity index (χ1v) is 12.5. The molecule has 11 nitrogen and oxygen atoms in total. The molecular weight excluding hydrogens is 491 g/mol. The first-order chi connectivity index (χ1) is 18.4. The number of aromatic amines is 1. The van der Waals surface area contributed by atoms with Crippen LogP contribution >= 0.6 is 0 Å². The van der Waals surface area contributed by atoms with Crippen molar-refractivity contribution in [3.8, 4) is 17.2 Å². The van der Waals surface area contributed by atoms with Crippen molar-refractivity contribution in [1.82, 2.24) is 15.0 Å². The zero-order chi connectivity index (χ0) is 26.6. The number of nitrogens with zero attached hydrogens (tertiary/aromatic N) is 2. The molecule has 0 radical (unpaired) electrons. The minimum Gasteiger partial charge on any atom is -0.504 e. The number of H-pyrrole nitrogens is 1. The van der Waals surface area contributed by atoms with Crippen LogP contribution in [0.15, 0.2) is 42.7 Å². The molecule has 2 atom stereocenters. The number of phenolic OH excluding ortho intramolecular Hbond substituents is 2. The molecule has 200 valence electrons. The van der Waals surface area contributed by atoms with Crippen molar-refractivity contribution in [3.05, 3.63) is 48.5 Å². The highest BCUT2D eigenvalue weighted by Crippen LogP contribution is 2.44. The van der Waals surface area contributed by atoms with Crippen molar-refractivity contribution in [1.29, 1.82) is 0 Å². The van der Waals surface area contributed by atoms with Gasteiger partial charge in [-0.1, -0.05) is 0 Å². The van der Waals surface area contributed by atoms with Gasteiger partial charge in [-0.2, -0.15) is 4.98 Å². The molecule has 0 aliphatic heterocycles. The molecule has 0 saturated heterocycles. The Bertz CT molecular complexity index is 1430. The van der Waals surface area contributed by atoms with E-state index in [0.29, 0.717) is 25.2 Å². The number of aromatic nitrogens is 3. The third-order valence-electron chi connectivity index (χ3n) is 6.45. The summed E-state index contributed by atoms with van der Waals surface area (Å²) in [4.78, 5) is 11.6. The summed E-state index contributed by atoms with van der Waals surface area (Å²) in [7, 11) is 0. The van der Waals surface area contributed by atoms with Gasteiger partial charge in [0.05, 0.1) is 17.6 Å². The molecule has 38 heavy (non-hydrogen) atoms. The van der Waals surface area contributed by atoms with Crippen LogP contribution in [-0.2, 0) is 0 Å². The number of aromatic hydroxyl groups is 2. The maximum atomic E-state index is 14.8. The number of rotatable bonds is 9. The number of ether oxygens (including phenoxy) is 1. The molecule has 2 aromatic heterocycles. The Balaban J connectivity index is 1.42. The Morgan fingerprint density at radius 1 is 1.13 bits per heavy atom. The number of fused-ring (bicyclic) bond motifs is 1. The van der Waals surface area contributed by atoms with Crippen molar-refractivity contribution in [2.24, 2.45) is 11.5 Å². The number of anilines is 5. The van der Waals surface area contributed by atoms with Crippen LogP contribution < -0.4 is 32.2 Å². The SMILES string of the molecule is NCCNc1cc(Nc2ncc(F)c(Nc3ccc(O)c(O)c3O[C@@H]3CCC[C@H](N)C3)n2)c2cc[nH]c2c1. The lowest BCUT2D eigenvalue weighted by Crippen LogP contribution is -2.33. The number of hydrogen-bond acceptors (Lipinski definition) is 10. The summed E-state index contributed by atoms with van der Waals surface area (Å²) in [6.07, 6.45) is 5.77. The Kier molecular flexibility index (Phi) is 7.33. The summed E-state index contributed by atoms with van der Waals surface area (Å²) in [5, 5.41) is 30.8. The number of hydrogen-bond donors (Lipinski definition) is 8. The van der Waals surface area contributed by atoms with Crippen LogP contribution in [0, 0.1) is 5.82 Å². The molecule has 0 amide bonds. The Morgan fingerprint density at radius 2 is 2.00 bits per heavy atom. The molecule has 4 aromatic rings. The molecule has 10 N–H and O–H groups in total. The van der Waals surface area contributed by atoms with E-state index in [4.69, 9.17) is 16.2 Å². The minimum absolute atomic E-state index is 0.00401. The van der Waals surface area contributed by atoms with Gasteiger partial charge in [-0.05, 0) is 56.0 Å². The normalized spacial score (nSPS) is 17.3. The van der Waals surface area contributed by atoms with Gasteiger partial charge in [-0.25, -0.2) is 9.37 Å². The maximum absolute atomic E-state index is 14.8. The summed E-state index contributed by atoms with van der Waals surface area (Å²) >= 11 is 0. The van der Waals surface area contributed by atoms with E-state index in [9.17, 15) is 14.6 Å². The van der Waals surface area contributed by atoms with Gasteiger partial charge < -0.3 is 47.4 Å². The molecule has 12 heteroatoms. The summed E-state index contributed by atoms with van der Waals surface area (Å²) in [5.74, 6) is -1.49. The highest BCUT2D eigenvalue weighted by molar-refractivity contribution is 5.96. The van der Waals surface area contributed by atoms with Crippen LogP contribution in [0.1, 0.15) is 25.7 Å². The van der Waals surface area contributed by atoms with Crippen LogP contribution in [0.25, 0.3) is 10.9 Å². The predicted molar refractivity (Wildman–Crippen MR) is 145 cm³/mol. The molecule has 1 aliphatic carbocycles. The van der Waals surface area contributed by atoms with Gasteiger partial charge in [-0.15, -0.1) is 0 Å². The second-order valence-corrected chi connectivity index (χ2v) is 9.29. The molecule has 0 spiro atoms. The van der Waals surface area contributed by atoms with Crippen LogP contribution in [0.4, 0.5) is 33.2 Å². The van der Waals surface area contributed by atoms with E-state index in [1.807, 2.05) is 24.4 Å². The van der Waals surface area contributed by atoms with E-state index in [-0.39, 0.29) is 41.1 Å². The van der Waals surface area contributed by atoms with Crippen molar-refractivity contribution in [2.75, 3.05) is 29.0 Å². The summed E-state index contributed by atoms with van der Waals surface area (Å²) in [6, 6.07) is 8.54. The fourth-order valence-corrected chi connectivity index (χ4v) is 4.59. The number of benzene rings is 2. The number of halogens is 1. The van der Waals surface area contributed by atoms with Crippen LogP contribution in [0.2, 0.25) is 0 Å². The molecule has 1 fully saturated rings. The monoisotopic (exact) mass is 522 g/mol. The lowest BCUT2D eigenvalue weighted by Gasteiger charge is -2.28. The third-order valence-corrected chi connectivity index (χ3v) is 6.45. The van der Waals surface area contributed by atoms with Gasteiger partial charge in [0.25, 0.3) is 0 Å². The van der Waals surface area contributed by atoms with E-state index >= 15 is 0 Å². The number of phenols is 2. The molecule has 2 heterocycles.